The number of hydrogen-bond acceptors (Lipinski definition) is 2. The molecule has 0 radical (unpaired) electrons. The molecule has 0 atom stereocenters. The molecule has 0 aliphatic heterocycles. The minimum absolute atomic E-state index is 0.643. The average molecular weight is 513 g/mol. The molecule has 0 saturated heterocycles. The van der Waals surface area contributed by atoms with E-state index in [1.54, 1.807) is 14.2 Å². The Kier molecular flexibility index (Phi) is 6.82. The molecule has 0 unspecified atom stereocenters. The average Bonchev–Trinajstić information content (AvgIpc) is 2.99. The second-order valence-corrected chi connectivity index (χ2v) is 11.5. The smallest absolute Gasteiger partial charge is 0.131 e. The molecule has 0 aliphatic rings. The first-order valence-electron chi connectivity index (χ1n) is 12.8. The zero-order chi connectivity index (χ0) is 25.9. The first-order chi connectivity index (χ1) is 18.8. The molecule has 0 amide bonds. The fourth-order valence-corrected chi connectivity index (χ4v) is 7.69. The largest absolute Gasteiger partial charge is 0.496 e. The summed E-state index contributed by atoms with van der Waals surface area (Å²) in [6.07, 6.45) is 0.872. The number of hydrogen-bond donors (Lipinski definition) is 0. The molecule has 6 aromatic rings. The fourth-order valence-electron chi connectivity index (χ4n) is 5.38. The lowest BCUT2D eigenvalue weighted by Crippen LogP contribution is -2.13. The van der Waals surface area contributed by atoms with Crippen LogP contribution in [0.5, 0.6) is 11.5 Å². The minimum Gasteiger partial charge on any atom is -0.496 e. The Morgan fingerprint density at radius 2 is 1.08 bits per heavy atom. The number of methoxy groups -OCH3 is 2. The van der Waals surface area contributed by atoms with Gasteiger partial charge in [0.15, 0.2) is 0 Å². The Labute approximate surface area is 225 Å². The molecule has 186 valence electrons. The first kappa shape index (κ1) is 24.2. The van der Waals surface area contributed by atoms with Crippen LogP contribution in [-0.2, 0) is 6.16 Å². The van der Waals surface area contributed by atoms with E-state index in [2.05, 4.69) is 127 Å². The van der Waals surface area contributed by atoms with Crippen molar-refractivity contribution in [2.24, 2.45) is 0 Å². The summed E-state index contributed by atoms with van der Waals surface area (Å²) in [7, 11) is 2.90. The van der Waals surface area contributed by atoms with Crippen LogP contribution in [0.1, 0.15) is 5.56 Å². The molecule has 0 bridgehead atoms. The Morgan fingerprint density at radius 1 is 0.526 bits per heavy atom. The standard InChI is InChI=1S/C35H29O2P/c1-36-32-22-21-25-13-9-11-19-30(25)33(32)34-31-20-12-10-14-26(31)23-27(35(34)37-2)24-38(28-15-5-3-6-16-28)29-17-7-4-8-18-29/h3-23H,24H2,1-2H3. The van der Waals surface area contributed by atoms with Crippen LogP contribution in [0.25, 0.3) is 32.7 Å². The lowest BCUT2D eigenvalue weighted by Gasteiger charge is -2.24. The van der Waals surface area contributed by atoms with Crippen molar-refractivity contribution in [3.8, 4) is 22.6 Å². The van der Waals surface area contributed by atoms with Gasteiger partial charge in [0.05, 0.1) is 14.2 Å². The molecule has 0 aliphatic carbocycles. The highest BCUT2D eigenvalue weighted by atomic mass is 31.1. The molecule has 2 nitrogen and oxygen atoms in total. The first-order valence-corrected chi connectivity index (χ1v) is 14.3. The lowest BCUT2D eigenvalue weighted by molar-refractivity contribution is 0.409. The molecule has 3 heteroatoms. The molecule has 0 N–H and O–H groups in total. The number of fused-ring (bicyclic) bond motifs is 2. The van der Waals surface area contributed by atoms with Crippen LogP contribution in [-0.4, -0.2) is 14.2 Å². The fraction of sp³-hybridized carbons (Fsp3) is 0.0857. The Hall–Kier alpha value is -4.13. The van der Waals surface area contributed by atoms with Gasteiger partial charge in [-0.1, -0.05) is 115 Å². The van der Waals surface area contributed by atoms with Crippen molar-refractivity contribution in [2.75, 3.05) is 14.2 Å². The summed E-state index contributed by atoms with van der Waals surface area (Å²) < 4.78 is 12.3. The van der Waals surface area contributed by atoms with E-state index < -0.39 is 7.92 Å². The molecular formula is C35H29O2P. The van der Waals surface area contributed by atoms with E-state index in [4.69, 9.17) is 9.47 Å². The van der Waals surface area contributed by atoms with Gasteiger partial charge in [-0.3, -0.25) is 0 Å². The normalized spacial score (nSPS) is 11.2. The third kappa shape index (κ3) is 4.42. The molecule has 38 heavy (non-hydrogen) atoms. The van der Waals surface area contributed by atoms with Crippen LogP contribution < -0.4 is 20.1 Å². The van der Waals surface area contributed by atoms with E-state index in [0.29, 0.717) is 0 Å². The quantitative estimate of drug-likeness (QED) is 0.200. The summed E-state index contributed by atoms with van der Waals surface area (Å²) >= 11 is 0. The molecule has 0 saturated carbocycles. The summed E-state index contributed by atoms with van der Waals surface area (Å²) in [4.78, 5) is 0. The van der Waals surface area contributed by atoms with Gasteiger partial charge < -0.3 is 9.47 Å². The third-order valence-electron chi connectivity index (χ3n) is 7.11. The van der Waals surface area contributed by atoms with Crippen LogP contribution in [0.2, 0.25) is 0 Å². The topological polar surface area (TPSA) is 18.5 Å². The van der Waals surface area contributed by atoms with Gasteiger partial charge >= 0.3 is 0 Å². The van der Waals surface area contributed by atoms with Gasteiger partial charge in [0, 0.05) is 22.9 Å². The number of rotatable bonds is 7. The summed E-state index contributed by atoms with van der Waals surface area (Å²) in [5.41, 5.74) is 3.37. The van der Waals surface area contributed by atoms with Crippen LogP contribution in [0.3, 0.4) is 0 Å². The van der Waals surface area contributed by atoms with E-state index in [-0.39, 0.29) is 0 Å². The van der Waals surface area contributed by atoms with Crippen molar-refractivity contribution in [3.05, 3.63) is 133 Å². The van der Waals surface area contributed by atoms with Gasteiger partial charge in [-0.25, -0.2) is 0 Å². The van der Waals surface area contributed by atoms with Crippen molar-refractivity contribution >= 4 is 40.1 Å². The Morgan fingerprint density at radius 3 is 1.68 bits per heavy atom. The zero-order valence-corrected chi connectivity index (χ0v) is 22.5. The van der Waals surface area contributed by atoms with E-state index in [0.717, 1.165) is 39.6 Å². The van der Waals surface area contributed by atoms with E-state index in [1.807, 2.05) is 0 Å². The van der Waals surface area contributed by atoms with Crippen molar-refractivity contribution in [3.63, 3.8) is 0 Å². The summed E-state index contributed by atoms with van der Waals surface area (Å²) in [5, 5.41) is 7.40. The SMILES string of the molecule is COc1ccc2ccccc2c1-c1c(OC)c(CP(c2ccccc2)c2ccccc2)cc2ccccc12. The van der Waals surface area contributed by atoms with Crippen molar-refractivity contribution in [1.82, 2.24) is 0 Å². The van der Waals surface area contributed by atoms with E-state index in [1.165, 1.54) is 26.9 Å². The Bertz CT molecular complexity index is 1670. The minimum atomic E-state index is -0.643. The van der Waals surface area contributed by atoms with E-state index >= 15 is 0 Å². The predicted molar refractivity (Wildman–Crippen MR) is 163 cm³/mol. The van der Waals surface area contributed by atoms with Gasteiger partial charge in [-0.15, -0.1) is 0 Å². The highest BCUT2D eigenvalue weighted by Crippen LogP contribution is 2.49. The van der Waals surface area contributed by atoms with Gasteiger partial charge in [0.2, 0.25) is 0 Å². The van der Waals surface area contributed by atoms with Crippen LogP contribution in [0.15, 0.2) is 127 Å². The number of benzene rings is 6. The van der Waals surface area contributed by atoms with Crippen LogP contribution in [0.4, 0.5) is 0 Å². The monoisotopic (exact) mass is 512 g/mol. The maximum Gasteiger partial charge on any atom is 0.131 e. The highest BCUT2D eigenvalue weighted by molar-refractivity contribution is 7.72. The van der Waals surface area contributed by atoms with Crippen molar-refractivity contribution in [2.45, 2.75) is 6.16 Å². The zero-order valence-electron chi connectivity index (χ0n) is 21.6. The molecule has 0 aromatic heterocycles. The maximum absolute atomic E-state index is 6.31. The maximum atomic E-state index is 6.31. The van der Waals surface area contributed by atoms with Crippen LogP contribution >= 0.6 is 7.92 Å². The molecule has 6 rings (SSSR count). The van der Waals surface area contributed by atoms with E-state index in [9.17, 15) is 0 Å². The van der Waals surface area contributed by atoms with Gasteiger partial charge in [-0.05, 0) is 52.2 Å². The Balaban J connectivity index is 1.64. The number of ether oxygens (including phenoxy) is 2. The summed E-state index contributed by atoms with van der Waals surface area (Å²) in [6, 6.07) is 45.3. The predicted octanol–water partition coefficient (Wildman–Crippen LogP) is 8.31. The molecular weight excluding hydrogens is 483 g/mol. The van der Waals surface area contributed by atoms with Gasteiger partial charge in [0.25, 0.3) is 0 Å². The van der Waals surface area contributed by atoms with Gasteiger partial charge in [0.1, 0.15) is 11.5 Å². The molecule has 6 aromatic carbocycles. The molecule has 0 fully saturated rings. The van der Waals surface area contributed by atoms with Crippen molar-refractivity contribution in [1.29, 1.82) is 0 Å². The molecule has 0 spiro atoms. The van der Waals surface area contributed by atoms with Gasteiger partial charge in [-0.2, -0.15) is 0 Å². The van der Waals surface area contributed by atoms with Crippen molar-refractivity contribution < 1.29 is 9.47 Å². The second kappa shape index (κ2) is 10.7. The lowest BCUT2D eigenvalue weighted by atomic mass is 9.90. The second-order valence-electron chi connectivity index (χ2n) is 9.29. The third-order valence-corrected chi connectivity index (χ3v) is 9.61. The summed E-state index contributed by atoms with van der Waals surface area (Å²) in [6.45, 7) is 0. The van der Waals surface area contributed by atoms with Crippen LogP contribution in [0, 0.1) is 0 Å². The highest BCUT2D eigenvalue weighted by Gasteiger charge is 2.24. The molecule has 0 heterocycles. The summed E-state index contributed by atoms with van der Waals surface area (Å²) in [5.74, 6) is 1.76.